The summed E-state index contributed by atoms with van der Waals surface area (Å²) in [5.74, 6) is 0.642. The molecule has 3 rings (SSSR count). The maximum absolute atomic E-state index is 4.34. The van der Waals surface area contributed by atoms with Gasteiger partial charge in [-0.25, -0.2) is 0 Å². The van der Waals surface area contributed by atoms with Crippen LogP contribution in [0, 0.1) is 5.92 Å². The molecule has 0 nitrogen and oxygen atoms in total. The lowest BCUT2D eigenvalue weighted by Gasteiger charge is -2.16. The van der Waals surface area contributed by atoms with Crippen LogP contribution in [-0.2, 0) is 0 Å². The summed E-state index contributed by atoms with van der Waals surface area (Å²) in [5.41, 5.74) is 2.54. The largest absolute Gasteiger partial charge is 0.0898 e. The molecule has 0 radical (unpaired) electrons. The second-order valence-electron chi connectivity index (χ2n) is 5.94. The number of benzene rings is 2. The van der Waals surface area contributed by atoms with Gasteiger partial charge in [-0.05, 0) is 41.2 Å². The third-order valence-corrected chi connectivity index (χ3v) is 5.34. The van der Waals surface area contributed by atoms with Gasteiger partial charge in [0.05, 0.1) is 0 Å². The van der Waals surface area contributed by atoms with Crippen molar-refractivity contribution in [3.05, 3.63) is 89.4 Å². The lowest BCUT2D eigenvalue weighted by molar-refractivity contribution is 0.733. The Hall–Kier alpha value is -1.99. The second-order valence-corrected chi connectivity index (χ2v) is 7.07. The zero-order valence-corrected chi connectivity index (χ0v) is 14.6. The van der Waals surface area contributed by atoms with Crippen LogP contribution in [0.5, 0.6) is 0 Å². The summed E-state index contributed by atoms with van der Waals surface area (Å²) in [5, 5.41) is 2.53. The number of allylic oxidation sites excluding steroid dienone is 5. The summed E-state index contributed by atoms with van der Waals surface area (Å²) in [4.78, 5) is 2.38. The van der Waals surface area contributed by atoms with E-state index in [2.05, 4.69) is 87.2 Å². The van der Waals surface area contributed by atoms with Gasteiger partial charge in [0, 0.05) is 9.81 Å². The minimum Gasteiger partial charge on any atom is -0.0898 e. The first-order valence-corrected chi connectivity index (χ1v) is 8.90. The van der Waals surface area contributed by atoms with Crippen LogP contribution >= 0.6 is 11.8 Å². The van der Waals surface area contributed by atoms with Crippen molar-refractivity contribution in [2.24, 2.45) is 5.92 Å². The molecule has 1 atom stereocenters. The van der Waals surface area contributed by atoms with Gasteiger partial charge in [-0.2, -0.15) is 0 Å². The topological polar surface area (TPSA) is 0 Å². The minimum atomic E-state index is 0.642. The molecular formula is C22H22S. The van der Waals surface area contributed by atoms with Crippen molar-refractivity contribution >= 4 is 27.4 Å². The van der Waals surface area contributed by atoms with Crippen LogP contribution in [0.1, 0.15) is 25.8 Å². The highest BCUT2D eigenvalue weighted by Gasteiger charge is 2.12. The first-order chi connectivity index (χ1) is 11.2. The van der Waals surface area contributed by atoms with E-state index in [1.807, 2.05) is 0 Å². The lowest BCUT2D eigenvalue weighted by atomic mass is 9.98. The van der Waals surface area contributed by atoms with Gasteiger partial charge in [0.1, 0.15) is 0 Å². The normalized spacial score (nSPS) is 18.1. The van der Waals surface area contributed by atoms with Gasteiger partial charge in [-0.1, -0.05) is 92.0 Å². The van der Waals surface area contributed by atoms with Gasteiger partial charge in [0.15, 0.2) is 0 Å². The Bertz CT molecular complexity index is 815. The molecule has 0 aliphatic heterocycles. The second kappa shape index (κ2) is 7.06. The van der Waals surface area contributed by atoms with E-state index in [0.29, 0.717) is 5.92 Å². The summed E-state index contributed by atoms with van der Waals surface area (Å²) < 4.78 is 0. The van der Waals surface area contributed by atoms with Crippen molar-refractivity contribution in [2.45, 2.75) is 20.3 Å². The van der Waals surface area contributed by atoms with E-state index in [4.69, 9.17) is 0 Å². The standard InChI is InChI=1S/C22H22S/c1-4-22(19-14-12-16(2)13-15-19)23-17(3)20-11-7-9-18-8-5-6-10-21(18)20/h4-12,14-16H,3,13H2,1-2H3/b22-4-. The maximum Gasteiger partial charge on any atom is 0.0148 e. The highest BCUT2D eigenvalue weighted by molar-refractivity contribution is 8.12. The molecule has 2 aromatic rings. The molecule has 0 saturated heterocycles. The van der Waals surface area contributed by atoms with Crippen LogP contribution in [-0.4, -0.2) is 0 Å². The Morgan fingerprint density at radius 2 is 1.96 bits per heavy atom. The van der Waals surface area contributed by atoms with Crippen LogP contribution in [0.15, 0.2) is 83.8 Å². The average molecular weight is 318 g/mol. The molecule has 0 aromatic heterocycles. The van der Waals surface area contributed by atoms with Gasteiger partial charge < -0.3 is 0 Å². The van der Waals surface area contributed by atoms with E-state index in [-0.39, 0.29) is 0 Å². The molecule has 2 aromatic carbocycles. The highest BCUT2D eigenvalue weighted by Crippen LogP contribution is 2.39. The number of fused-ring (bicyclic) bond motifs is 1. The third-order valence-electron chi connectivity index (χ3n) is 4.18. The number of thioether (sulfide) groups is 1. The molecule has 0 amide bonds. The van der Waals surface area contributed by atoms with E-state index in [1.54, 1.807) is 11.8 Å². The molecule has 1 aliphatic rings. The minimum absolute atomic E-state index is 0.642. The molecule has 1 heteroatoms. The summed E-state index contributed by atoms with van der Waals surface area (Å²) in [6.07, 6.45) is 10.2. The van der Waals surface area contributed by atoms with Crippen LogP contribution < -0.4 is 0 Å². The monoisotopic (exact) mass is 318 g/mol. The molecular weight excluding hydrogens is 296 g/mol. The van der Waals surface area contributed by atoms with E-state index in [9.17, 15) is 0 Å². The van der Waals surface area contributed by atoms with Crippen LogP contribution in [0.2, 0.25) is 0 Å². The maximum atomic E-state index is 4.34. The molecule has 1 aliphatic carbocycles. The molecule has 1 unspecified atom stereocenters. The molecule has 0 fully saturated rings. The summed E-state index contributed by atoms with van der Waals surface area (Å²) >= 11 is 1.77. The predicted molar refractivity (Wildman–Crippen MR) is 105 cm³/mol. The van der Waals surface area contributed by atoms with E-state index in [0.717, 1.165) is 11.3 Å². The lowest BCUT2D eigenvalue weighted by Crippen LogP contribution is -1.95. The fourth-order valence-corrected chi connectivity index (χ4v) is 3.79. The smallest absolute Gasteiger partial charge is 0.0148 e. The highest BCUT2D eigenvalue weighted by atomic mass is 32.2. The van der Waals surface area contributed by atoms with Crippen LogP contribution in [0.25, 0.3) is 15.7 Å². The first-order valence-electron chi connectivity index (χ1n) is 8.09. The summed E-state index contributed by atoms with van der Waals surface area (Å²) in [6.45, 7) is 8.70. The Morgan fingerprint density at radius 1 is 1.17 bits per heavy atom. The van der Waals surface area contributed by atoms with Crippen molar-refractivity contribution in [1.29, 1.82) is 0 Å². The van der Waals surface area contributed by atoms with Crippen molar-refractivity contribution in [1.82, 2.24) is 0 Å². The Morgan fingerprint density at radius 3 is 2.70 bits per heavy atom. The van der Waals surface area contributed by atoms with Crippen molar-refractivity contribution < 1.29 is 0 Å². The van der Waals surface area contributed by atoms with E-state index < -0.39 is 0 Å². The fourth-order valence-electron chi connectivity index (χ4n) is 2.85. The Kier molecular flexibility index (Phi) is 4.88. The third kappa shape index (κ3) is 3.51. The molecule has 0 bridgehead atoms. The van der Waals surface area contributed by atoms with Crippen molar-refractivity contribution in [3.8, 4) is 0 Å². The van der Waals surface area contributed by atoms with Gasteiger partial charge >= 0.3 is 0 Å². The molecule has 116 valence electrons. The summed E-state index contributed by atoms with van der Waals surface area (Å²) in [7, 11) is 0. The van der Waals surface area contributed by atoms with Crippen LogP contribution in [0.4, 0.5) is 0 Å². The molecule has 0 N–H and O–H groups in total. The average Bonchev–Trinajstić information content (AvgIpc) is 2.60. The van der Waals surface area contributed by atoms with Gasteiger partial charge in [-0.15, -0.1) is 0 Å². The molecule has 0 saturated carbocycles. The molecule has 23 heavy (non-hydrogen) atoms. The quantitative estimate of drug-likeness (QED) is 0.586. The Labute approximate surface area is 143 Å². The van der Waals surface area contributed by atoms with Gasteiger partial charge in [0.2, 0.25) is 0 Å². The fraction of sp³-hybridized carbons (Fsp3) is 0.182. The van der Waals surface area contributed by atoms with Crippen molar-refractivity contribution in [2.75, 3.05) is 0 Å². The van der Waals surface area contributed by atoms with Gasteiger partial charge in [-0.3, -0.25) is 0 Å². The van der Waals surface area contributed by atoms with E-state index in [1.165, 1.54) is 26.8 Å². The number of rotatable bonds is 4. The molecule has 0 heterocycles. The summed E-state index contributed by atoms with van der Waals surface area (Å²) in [6, 6.07) is 14.9. The Balaban J connectivity index is 1.87. The van der Waals surface area contributed by atoms with Crippen LogP contribution in [0.3, 0.4) is 0 Å². The number of hydrogen-bond acceptors (Lipinski definition) is 1. The van der Waals surface area contributed by atoms with E-state index >= 15 is 0 Å². The predicted octanol–water partition coefficient (Wildman–Crippen LogP) is 6.97. The van der Waals surface area contributed by atoms with Crippen molar-refractivity contribution in [3.63, 3.8) is 0 Å². The SMILES string of the molecule is C=C(S/C(=C\C)C1=CCC(C)C=C1)c1cccc2ccccc12. The first kappa shape index (κ1) is 15.9. The number of hydrogen-bond donors (Lipinski definition) is 0. The molecule has 0 spiro atoms. The van der Waals surface area contributed by atoms with Gasteiger partial charge in [0.25, 0.3) is 0 Å². The zero-order chi connectivity index (χ0) is 16.2. The zero-order valence-electron chi connectivity index (χ0n) is 13.8.